The lowest BCUT2D eigenvalue weighted by Gasteiger charge is -2.49. The van der Waals surface area contributed by atoms with E-state index in [1.165, 1.54) is 35.1 Å². The van der Waals surface area contributed by atoms with Crippen LogP contribution in [0, 0.1) is 0 Å². The Bertz CT molecular complexity index is 2350. The molecule has 8 rings (SSSR count). The summed E-state index contributed by atoms with van der Waals surface area (Å²) in [4.78, 5) is 53.6. The number of hydrogen-bond donors (Lipinski definition) is 2. The van der Waals surface area contributed by atoms with E-state index in [0.717, 1.165) is 33.4 Å². The Morgan fingerprint density at radius 1 is 0.831 bits per heavy atom. The maximum atomic E-state index is 14.1. The molecule has 1 aromatic heterocycles. The molecule has 1 saturated heterocycles. The summed E-state index contributed by atoms with van der Waals surface area (Å²) in [6, 6.07) is 48.5. The maximum absolute atomic E-state index is 14.1. The van der Waals surface area contributed by atoms with E-state index in [1.54, 1.807) is 5.38 Å². The Labute approximate surface area is 363 Å². The van der Waals surface area contributed by atoms with Gasteiger partial charge in [0.05, 0.1) is 0 Å². The number of oxime groups is 1. The number of nitrogens with zero attached hydrogens (tertiary/aromatic N) is 3. The first-order chi connectivity index (χ1) is 28.9. The number of β-lactam (4-membered cyclic amide) rings is 1. The number of ether oxygens (including phenoxy) is 1. The van der Waals surface area contributed by atoms with Crippen molar-refractivity contribution in [2.24, 2.45) is 5.16 Å². The number of aromatic nitrogens is 1. The van der Waals surface area contributed by atoms with E-state index in [1.807, 2.05) is 115 Å². The van der Waals surface area contributed by atoms with E-state index in [9.17, 15) is 14.4 Å². The van der Waals surface area contributed by atoms with E-state index in [2.05, 4.69) is 74.8 Å². The van der Waals surface area contributed by atoms with Crippen LogP contribution in [0.5, 0.6) is 0 Å². The summed E-state index contributed by atoms with van der Waals surface area (Å²) in [5, 5.41) is 12.4. The highest BCUT2D eigenvalue weighted by Gasteiger charge is 2.55. The van der Waals surface area contributed by atoms with Crippen molar-refractivity contribution in [2.75, 3.05) is 22.6 Å². The first-order valence-corrected chi connectivity index (χ1v) is 22.2. The number of benzene rings is 5. The number of carbonyl (C=O) groups is 3. The SMILES string of the molecule is CO/N=C(/C(=O)NC1C(=O)N2C(C(=O)OC(c3ccccc3)c3ccccc3)=C(CI)CS[C@H]12)c1csc(NC(c2ccccc2)(c2ccccc2)c2ccccc2)n1. The zero-order valence-electron chi connectivity index (χ0n) is 31.7. The van der Waals surface area contributed by atoms with Crippen molar-refractivity contribution in [2.45, 2.75) is 23.1 Å². The summed E-state index contributed by atoms with van der Waals surface area (Å²) in [6.07, 6.45) is -0.684. The van der Waals surface area contributed by atoms with E-state index in [0.29, 0.717) is 15.3 Å². The highest BCUT2D eigenvalue weighted by Crippen LogP contribution is 2.43. The number of halogens is 1. The van der Waals surface area contributed by atoms with E-state index in [-0.39, 0.29) is 17.1 Å². The van der Waals surface area contributed by atoms with E-state index < -0.39 is 40.8 Å². The van der Waals surface area contributed by atoms with Crippen LogP contribution in [0.15, 0.2) is 173 Å². The molecule has 13 heteroatoms. The third-order valence-electron chi connectivity index (χ3n) is 10.2. The van der Waals surface area contributed by atoms with Crippen LogP contribution in [-0.2, 0) is 29.5 Å². The van der Waals surface area contributed by atoms with Gasteiger partial charge in [0.25, 0.3) is 11.8 Å². The fourth-order valence-electron chi connectivity index (χ4n) is 7.41. The van der Waals surface area contributed by atoms with Crippen molar-refractivity contribution in [3.8, 4) is 0 Å². The molecule has 59 heavy (non-hydrogen) atoms. The number of nitrogens with one attached hydrogen (secondary N) is 2. The second-order valence-electron chi connectivity index (χ2n) is 13.7. The average Bonchev–Trinajstić information content (AvgIpc) is 3.76. The number of amides is 2. The first-order valence-electron chi connectivity index (χ1n) is 18.8. The van der Waals surface area contributed by atoms with Gasteiger partial charge >= 0.3 is 5.97 Å². The molecule has 3 heterocycles. The number of esters is 1. The summed E-state index contributed by atoms with van der Waals surface area (Å²) in [5.74, 6) is -1.17. The van der Waals surface area contributed by atoms with Gasteiger partial charge < -0.3 is 20.2 Å². The van der Waals surface area contributed by atoms with Gasteiger partial charge in [0.15, 0.2) is 16.9 Å². The molecule has 2 aliphatic rings. The average molecular weight is 932 g/mol. The molecule has 6 aromatic rings. The number of alkyl halides is 1. The van der Waals surface area contributed by atoms with Gasteiger partial charge in [-0.05, 0) is 33.4 Å². The first kappa shape index (κ1) is 40.0. The predicted octanol–water partition coefficient (Wildman–Crippen LogP) is 8.32. The molecule has 0 saturated carbocycles. The Kier molecular flexibility index (Phi) is 12.2. The van der Waals surface area contributed by atoms with Crippen LogP contribution < -0.4 is 10.6 Å². The molecular weight excluding hydrogens is 894 g/mol. The van der Waals surface area contributed by atoms with E-state index in [4.69, 9.17) is 14.6 Å². The Hall–Kier alpha value is -5.77. The predicted molar refractivity (Wildman–Crippen MR) is 240 cm³/mol. The molecule has 0 radical (unpaired) electrons. The van der Waals surface area contributed by atoms with E-state index >= 15 is 0 Å². The van der Waals surface area contributed by atoms with Crippen LogP contribution in [0.3, 0.4) is 0 Å². The smallest absolute Gasteiger partial charge is 0.356 e. The second kappa shape index (κ2) is 18.0. The van der Waals surface area contributed by atoms with Gasteiger partial charge in [-0.15, -0.1) is 23.1 Å². The monoisotopic (exact) mass is 931 g/mol. The van der Waals surface area contributed by atoms with Gasteiger partial charge in [0, 0.05) is 15.6 Å². The molecular formula is C46H38IN5O5S2. The lowest BCUT2D eigenvalue weighted by atomic mass is 9.77. The Morgan fingerprint density at radius 3 is 1.83 bits per heavy atom. The van der Waals surface area contributed by atoms with Crippen molar-refractivity contribution in [3.63, 3.8) is 0 Å². The lowest BCUT2D eigenvalue weighted by Crippen LogP contribution is -2.71. The minimum absolute atomic E-state index is 0.0923. The van der Waals surface area contributed by atoms with Crippen molar-refractivity contribution in [1.82, 2.24) is 15.2 Å². The summed E-state index contributed by atoms with van der Waals surface area (Å²) >= 11 is 5.01. The molecule has 5 aromatic carbocycles. The van der Waals surface area contributed by atoms with Crippen LogP contribution in [0.25, 0.3) is 0 Å². The quantitative estimate of drug-likeness (QED) is 0.0213. The zero-order chi connectivity index (χ0) is 40.8. The molecule has 1 fully saturated rings. The number of rotatable bonds is 14. The third-order valence-corrected chi connectivity index (χ3v) is 13.2. The molecule has 2 amide bonds. The fraction of sp³-hybridized carbons (Fsp3) is 0.152. The topological polar surface area (TPSA) is 122 Å². The zero-order valence-corrected chi connectivity index (χ0v) is 35.5. The number of fused-ring (bicyclic) bond motifs is 1. The lowest BCUT2D eigenvalue weighted by molar-refractivity contribution is -0.154. The summed E-state index contributed by atoms with van der Waals surface area (Å²) in [7, 11) is 1.35. The number of anilines is 1. The van der Waals surface area contributed by atoms with Gasteiger partial charge in [-0.3, -0.25) is 14.5 Å². The molecule has 2 atom stereocenters. The minimum atomic E-state index is -0.926. The van der Waals surface area contributed by atoms with Crippen molar-refractivity contribution in [1.29, 1.82) is 0 Å². The number of carbonyl (C=O) groups excluding carboxylic acids is 3. The van der Waals surface area contributed by atoms with Crippen LogP contribution in [0.4, 0.5) is 5.13 Å². The van der Waals surface area contributed by atoms with Crippen LogP contribution in [0.2, 0.25) is 0 Å². The number of thiazole rings is 1. The van der Waals surface area contributed by atoms with Gasteiger partial charge in [-0.1, -0.05) is 179 Å². The maximum Gasteiger partial charge on any atom is 0.356 e. The second-order valence-corrected chi connectivity index (χ2v) is 16.4. The van der Waals surface area contributed by atoms with Gasteiger partial charge in [-0.25, -0.2) is 9.78 Å². The summed E-state index contributed by atoms with van der Waals surface area (Å²) in [6.45, 7) is 0. The van der Waals surface area contributed by atoms with Crippen molar-refractivity contribution in [3.05, 3.63) is 202 Å². The molecule has 2 aliphatic heterocycles. The fourth-order valence-corrected chi connectivity index (χ4v) is 10.5. The third kappa shape index (κ3) is 8.01. The standard InChI is InChI=1S/C46H38IN5O5S2/c1-56-51-37(36-29-59-45(48-36)50-46(33-21-11-4-12-22-33,34-23-13-5-14-24-34)35-25-15-6-16-26-35)41(53)49-38-42(54)52-39(32(27-47)28-58-43(38)52)44(55)57-40(30-17-7-2-8-18-30)31-19-9-3-10-20-31/h2-26,29,38,40,43H,27-28H2,1H3,(H,48,50)(H,49,53)/b51-37+/t38?,43-/m1/s1. The van der Waals surface area contributed by atoms with Crippen LogP contribution in [0.1, 0.15) is 39.6 Å². The van der Waals surface area contributed by atoms with Gasteiger partial charge in [0.1, 0.15) is 35.5 Å². The molecule has 0 spiro atoms. The highest BCUT2D eigenvalue weighted by atomic mass is 127. The van der Waals surface area contributed by atoms with Crippen LogP contribution in [-0.4, -0.2) is 62.1 Å². The molecule has 0 bridgehead atoms. The van der Waals surface area contributed by atoms with Crippen molar-refractivity contribution < 1.29 is 24.0 Å². The Balaban J connectivity index is 1.03. The van der Waals surface area contributed by atoms with Crippen molar-refractivity contribution >= 4 is 74.3 Å². The normalized spacial score (nSPS) is 16.6. The number of hydrogen-bond acceptors (Lipinski definition) is 10. The van der Waals surface area contributed by atoms with Gasteiger partial charge in [-0.2, -0.15) is 0 Å². The Morgan fingerprint density at radius 2 is 1.34 bits per heavy atom. The summed E-state index contributed by atoms with van der Waals surface area (Å²) < 4.78 is 6.74. The number of thioether (sulfide) groups is 1. The molecule has 1 unspecified atom stereocenters. The largest absolute Gasteiger partial charge is 0.448 e. The minimum Gasteiger partial charge on any atom is -0.448 e. The molecule has 10 nitrogen and oxygen atoms in total. The molecule has 2 N–H and O–H groups in total. The summed E-state index contributed by atoms with van der Waals surface area (Å²) in [5.41, 5.74) is 4.94. The highest BCUT2D eigenvalue weighted by molar-refractivity contribution is 14.1. The molecule has 296 valence electrons. The van der Waals surface area contributed by atoms with Crippen LogP contribution >= 0.6 is 45.7 Å². The molecule has 0 aliphatic carbocycles. The van der Waals surface area contributed by atoms with Gasteiger partial charge in [0.2, 0.25) is 0 Å².